The molecule has 0 aliphatic rings. The number of rotatable bonds is 7. The summed E-state index contributed by atoms with van der Waals surface area (Å²) in [5.41, 5.74) is 1.05. The van der Waals surface area contributed by atoms with Gasteiger partial charge in [0.1, 0.15) is 6.04 Å². The molecule has 0 radical (unpaired) electrons. The first kappa shape index (κ1) is 15.8. The highest BCUT2D eigenvalue weighted by Crippen LogP contribution is 2.05. The van der Waals surface area contributed by atoms with Crippen molar-refractivity contribution < 1.29 is 14.7 Å². The number of nitrogens with zero attached hydrogens (tertiary/aromatic N) is 1. The molecule has 0 fully saturated rings. The summed E-state index contributed by atoms with van der Waals surface area (Å²) in [5, 5.41) is 11.7. The van der Waals surface area contributed by atoms with E-state index in [4.69, 9.17) is 5.11 Å². The number of hydrogen-bond acceptors (Lipinski definition) is 2. The molecule has 0 spiro atoms. The van der Waals surface area contributed by atoms with Crippen molar-refractivity contribution in [3.63, 3.8) is 0 Å². The molecule has 1 aromatic carbocycles. The van der Waals surface area contributed by atoms with Gasteiger partial charge in [-0.3, -0.25) is 0 Å². The molecule has 1 unspecified atom stereocenters. The standard InChI is InChI=1S/C15H20N2O3/c1-3-11-17(2)15(20)16-13(14(18)19)10-9-12-7-5-4-6-8-12/h3-8,13H,1,9-11H2,2H3,(H,16,20)(H,18,19). The predicted octanol–water partition coefficient (Wildman–Crippen LogP) is 1.90. The van der Waals surface area contributed by atoms with Crippen molar-refractivity contribution in [1.29, 1.82) is 0 Å². The van der Waals surface area contributed by atoms with E-state index in [1.165, 1.54) is 4.90 Å². The second kappa shape index (κ2) is 7.99. The van der Waals surface area contributed by atoms with E-state index < -0.39 is 18.0 Å². The molecule has 108 valence electrons. The van der Waals surface area contributed by atoms with Crippen LogP contribution >= 0.6 is 0 Å². The lowest BCUT2D eigenvalue weighted by Gasteiger charge is -2.20. The molecule has 2 amide bonds. The molecule has 5 nitrogen and oxygen atoms in total. The molecule has 5 heteroatoms. The number of carboxylic acid groups (broad SMARTS) is 1. The van der Waals surface area contributed by atoms with E-state index in [2.05, 4.69) is 11.9 Å². The van der Waals surface area contributed by atoms with E-state index in [0.29, 0.717) is 19.4 Å². The smallest absolute Gasteiger partial charge is 0.326 e. The zero-order valence-electron chi connectivity index (χ0n) is 11.6. The minimum absolute atomic E-state index is 0.354. The lowest BCUT2D eigenvalue weighted by Crippen LogP contribution is -2.46. The number of aliphatic carboxylic acids is 1. The fourth-order valence-electron chi connectivity index (χ4n) is 1.75. The van der Waals surface area contributed by atoms with Crippen LogP contribution in [-0.2, 0) is 11.2 Å². The molecule has 0 heterocycles. The van der Waals surface area contributed by atoms with E-state index in [1.807, 2.05) is 30.3 Å². The van der Waals surface area contributed by atoms with Gasteiger partial charge in [0, 0.05) is 13.6 Å². The summed E-state index contributed by atoms with van der Waals surface area (Å²) < 4.78 is 0. The molecular weight excluding hydrogens is 256 g/mol. The van der Waals surface area contributed by atoms with Crippen LogP contribution < -0.4 is 5.32 Å². The second-order valence-corrected chi connectivity index (χ2v) is 4.53. The maximum Gasteiger partial charge on any atom is 0.326 e. The quantitative estimate of drug-likeness (QED) is 0.747. The largest absolute Gasteiger partial charge is 0.480 e. The Balaban J connectivity index is 2.54. The summed E-state index contributed by atoms with van der Waals surface area (Å²) in [7, 11) is 1.59. The highest BCUT2D eigenvalue weighted by atomic mass is 16.4. The average molecular weight is 276 g/mol. The van der Waals surface area contributed by atoms with Gasteiger partial charge >= 0.3 is 12.0 Å². The van der Waals surface area contributed by atoms with Crippen molar-refractivity contribution in [3.8, 4) is 0 Å². The van der Waals surface area contributed by atoms with Crippen LogP contribution in [0.5, 0.6) is 0 Å². The van der Waals surface area contributed by atoms with Crippen molar-refractivity contribution in [2.75, 3.05) is 13.6 Å². The van der Waals surface area contributed by atoms with Crippen LogP contribution in [0.15, 0.2) is 43.0 Å². The molecule has 0 aromatic heterocycles. The number of carboxylic acids is 1. The fourth-order valence-corrected chi connectivity index (χ4v) is 1.75. The number of benzene rings is 1. The van der Waals surface area contributed by atoms with Gasteiger partial charge in [-0.25, -0.2) is 9.59 Å². The minimum Gasteiger partial charge on any atom is -0.480 e. The predicted molar refractivity (Wildman–Crippen MR) is 77.5 cm³/mol. The normalized spacial score (nSPS) is 11.4. The van der Waals surface area contributed by atoms with Gasteiger partial charge in [0.05, 0.1) is 0 Å². The van der Waals surface area contributed by atoms with Gasteiger partial charge in [-0.15, -0.1) is 6.58 Å². The summed E-state index contributed by atoms with van der Waals surface area (Å²) in [6.07, 6.45) is 2.54. The average Bonchev–Trinajstić information content (AvgIpc) is 2.44. The number of amides is 2. The van der Waals surface area contributed by atoms with Crippen molar-refractivity contribution in [1.82, 2.24) is 10.2 Å². The van der Waals surface area contributed by atoms with Gasteiger partial charge < -0.3 is 15.3 Å². The zero-order valence-corrected chi connectivity index (χ0v) is 11.6. The van der Waals surface area contributed by atoms with Crippen molar-refractivity contribution in [3.05, 3.63) is 48.6 Å². The van der Waals surface area contributed by atoms with Gasteiger partial charge in [0.15, 0.2) is 0 Å². The number of urea groups is 1. The summed E-state index contributed by atoms with van der Waals surface area (Å²) in [6, 6.07) is 8.28. The monoisotopic (exact) mass is 276 g/mol. The van der Waals surface area contributed by atoms with Gasteiger partial charge in [-0.1, -0.05) is 36.4 Å². The SMILES string of the molecule is C=CCN(C)C(=O)NC(CCc1ccccc1)C(=O)O. The lowest BCUT2D eigenvalue weighted by atomic mass is 10.1. The number of carbonyl (C=O) groups excluding carboxylic acids is 1. The Labute approximate surface area is 118 Å². The summed E-state index contributed by atoms with van der Waals surface area (Å²) in [5.74, 6) is -1.03. The van der Waals surface area contributed by atoms with Gasteiger partial charge in [-0.2, -0.15) is 0 Å². The first-order chi connectivity index (χ1) is 9.54. The van der Waals surface area contributed by atoms with Crippen LogP contribution in [0.4, 0.5) is 4.79 Å². The van der Waals surface area contributed by atoms with Crippen LogP contribution in [0, 0.1) is 0 Å². The van der Waals surface area contributed by atoms with E-state index in [1.54, 1.807) is 13.1 Å². The van der Waals surface area contributed by atoms with Crippen molar-refractivity contribution >= 4 is 12.0 Å². The van der Waals surface area contributed by atoms with Gasteiger partial charge in [0.2, 0.25) is 0 Å². The Morgan fingerprint density at radius 1 is 1.40 bits per heavy atom. The number of carbonyl (C=O) groups is 2. The molecule has 0 bridgehead atoms. The van der Waals surface area contributed by atoms with Crippen molar-refractivity contribution in [2.24, 2.45) is 0 Å². The third-order valence-corrected chi connectivity index (χ3v) is 2.91. The second-order valence-electron chi connectivity index (χ2n) is 4.53. The Bertz CT molecular complexity index is 459. The van der Waals surface area contributed by atoms with Gasteiger partial charge in [-0.05, 0) is 18.4 Å². The first-order valence-electron chi connectivity index (χ1n) is 6.44. The van der Waals surface area contributed by atoms with Crippen LogP contribution in [-0.4, -0.2) is 41.6 Å². The number of likely N-dealkylation sites (N-methyl/N-ethyl adjacent to an activating group) is 1. The van der Waals surface area contributed by atoms with E-state index in [0.717, 1.165) is 5.56 Å². The van der Waals surface area contributed by atoms with E-state index >= 15 is 0 Å². The summed E-state index contributed by atoms with van der Waals surface area (Å²) >= 11 is 0. The van der Waals surface area contributed by atoms with Gasteiger partial charge in [0.25, 0.3) is 0 Å². The Morgan fingerprint density at radius 3 is 2.60 bits per heavy atom. The Morgan fingerprint density at radius 2 is 2.05 bits per heavy atom. The van der Waals surface area contributed by atoms with E-state index in [-0.39, 0.29) is 0 Å². The molecule has 0 aliphatic carbocycles. The highest BCUT2D eigenvalue weighted by Gasteiger charge is 2.21. The third-order valence-electron chi connectivity index (χ3n) is 2.91. The maximum absolute atomic E-state index is 11.8. The molecular formula is C15H20N2O3. The van der Waals surface area contributed by atoms with Crippen LogP contribution in [0.25, 0.3) is 0 Å². The summed E-state index contributed by atoms with van der Waals surface area (Å²) in [6.45, 7) is 3.91. The molecule has 20 heavy (non-hydrogen) atoms. The molecule has 1 rings (SSSR count). The fraction of sp³-hybridized carbons (Fsp3) is 0.333. The molecule has 1 atom stereocenters. The number of hydrogen-bond donors (Lipinski definition) is 2. The Kier molecular flexibility index (Phi) is 6.29. The molecule has 0 aliphatic heterocycles. The highest BCUT2D eigenvalue weighted by molar-refractivity contribution is 5.82. The molecule has 0 saturated heterocycles. The number of nitrogens with one attached hydrogen (secondary N) is 1. The third kappa shape index (κ3) is 5.14. The van der Waals surface area contributed by atoms with E-state index in [9.17, 15) is 9.59 Å². The number of aryl methyl sites for hydroxylation is 1. The van der Waals surface area contributed by atoms with Crippen LogP contribution in [0.2, 0.25) is 0 Å². The lowest BCUT2D eigenvalue weighted by molar-refractivity contribution is -0.139. The molecule has 0 saturated carbocycles. The van der Waals surface area contributed by atoms with Crippen LogP contribution in [0.1, 0.15) is 12.0 Å². The Hall–Kier alpha value is -2.30. The topological polar surface area (TPSA) is 69.6 Å². The van der Waals surface area contributed by atoms with Crippen molar-refractivity contribution in [2.45, 2.75) is 18.9 Å². The first-order valence-corrected chi connectivity index (χ1v) is 6.44. The van der Waals surface area contributed by atoms with Crippen LogP contribution in [0.3, 0.4) is 0 Å². The summed E-state index contributed by atoms with van der Waals surface area (Å²) in [4.78, 5) is 24.3. The zero-order chi connectivity index (χ0) is 15.0. The maximum atomic E-state index is 11.8. The molecule has 1 aromatic rings. The molecule has 2 N–H and O–H groups in total. The minimum atomic E-state index is -1.03.